The summed E-state index contributed by atoms with van der Waals surface area (Å²) in [5.41, 5.74) is 0. The summed E-state index contributed by atoms with van der Waals surface area (Å²) in [5, 5.41) is 9.20. The zero-order valence-electron chi connectivity index (χ0n) is 6.84. The summed E-state index contributed by atoms with van der Waals surface area (Å²) in [4.78, 5) is 0. The number of nitrogens with two attached hydrogens (primary N) is 2. The average Bonchev–Trinajstić information content (AvgIpc) is 1.81. The van der Waals surface area contributed by atoms with Crippen LogP contribution in [0.5, 0.6) is 0 Å². The predicted molar refractivity (Wildman–Crippen MR) is 46.3 cm³/mol. The van der Waals surface area contributed by atoms with Crippen LogP contribution in [0.1, 0.15) is 12.8 Å². The molecule has 0 aliphatic heterocycles. The van der Waals surface area contributed by atoms with E-state index in [4.69, 9.17) is 5.14 Å². The molecule has 0 aliphatic carbocycles. The van der Waals surface area contributed by atoms with E-state index in [0.29, 0.717) is 0 Å². The molecule has 0 aliphatic rings. The van der Waals surface area contributed by atoms with Crippen molar-refractivity contribution in [2.45, 2.75) is 12.8 Å². The molecule has 0 atom stereocenters. The fourth-order valence-corrected chi connectivity index (χ4v) is 1.54. The second-order valence-corrected chi connectivity index (χ2v) is 5.34. The van der Waals surface area contributed by atoms with Crippen LogP contribution in [-0.4, -0.2) is 29.2 Å². The normalized spacial score (nSPS) is 13.1. The van der Waals surface area contributed by atoms with Gasteiger partial charge in [0.15, 0.2) is 0 Å². The third kappa shape index (κ3) is 11.8. The van der Waals surface area contributed by atoms with Crippen LogP contribution in [0.4, 0.5) is 0 Å². The Morgan fingerprint density at radius 1 is 1.00 bits per heavy atom. The van der Waals surface area contributed by atoms with Crippen LogP contribution in [0.2, 0.25) is 0 Å². The van der Waals surface area contributed by atoms with Crippen LogP contribution in [0, 0.1) is 0 Å². The van der Waals surface area contributed by atoms with Gasteiger partial charge in [-0.25, -0.2) is 18.7 Å². The number of sulfonamides is 1. The maximum Gasteiger partial charge on any atom is 0.333 e. The summed E-state index contributed by atoms with van der Waals surface area (Å²) in [5.74, 6) is -0.193. The van der Waals surface area contributed by atoms with Crippen LogP contribution in [0.15, 0.2) is 0 Å². The van der Waals surface area contributed by atoms with Gasteiger partial charge < -0.3 is 0 Å². The van der Waals surface area contributed by atoms with Crippen LogP contribution in [-0.2, 0) is 24.5 Å². The molecule has 0 radical (unpaired) electrons. The molecule has 0 bridgehead atoms. The summed E-state index contributed by atoms with van der Waals surface area (Å²) < 4.78 is 45.3. The van der Waals surface area contributed by atoms with Gasteiger partial charge in [-0.15, -0.1) is 0 Å². The van der Waals surface area contributed by atoms with E-state index in [2.05, 4.69) is 9.32 Å². The zero-order valence-corrected chi connectivity index (χ0v) is 8.47. The smallest absolute Gasteiger partial charge is 0.258 e. The Morgan fingerprint density at radius 2 is 1.54 bits per heavy atom. The molecular weight excluding hydrogens is 220 g/mol. The van der Waals surface area contributed by atoms with E-state index >= 15 is 0 Å². The van der Waals surface area contributed by atoms with Crippen LogP contribution in [0.3, 0.4) is 0 Å². The molecule has 0 amide bonds. The Kier molecular flexibility index (Phi) is 4.78. The Balaban J connectivity index is 3.50. The molecule has 0 saturated carbocycles. The third-order valence-corrected chi connectivity index (χ3v) is 2.42. The van der Waals surface area contributed by atoms with Crippen LogP contribution < -0.4 is 10.3 Å². The fraction of sp³-hybridized carbons (Fsp3) is 1.00. The topological polar surface area (TPSA) is 130 Å². The first-order chi connectivity index (χ1) is 5.71. The highest BCUT2D eigenvalue weighted by Gasteiger charge is 2.04. The highest BCUT2D eigenvalue weighted by molar-refractivity contribution is 7.89. The summed E-state index contributed by atoms with van der Waals surface area (Å²) >= 11 is 0. The minimum absolute atomic E-state index is 0.131. The number of primary sulfonamides is 1. The van der Waals surface area contributed by atoms with Crippen molar-refractivity contribution in [1.82, 2.24) is 0 Å². The van der Waals surface area contributed by atoms with Crippen molar-refractivity contribution in [2.75, 3.05) is 12.4 Å². The van der Waals surface area contributed by atoms with E-state index in [1.165, 1.54) is 0 Å². The highest BCUT2D eigenvalue weighted by Crippen LogP contribution is 1.94. The van der Waals surface area contributed by atoms with Gasteiger partial charge in [-0.3, -0.25) is 4.18 Å². The number of rotatable bonds is 6. The molecule has 0 fully saturated rings. The maximum atomic E-state index is 10.4. The molecule has 9 heteroatoms. The molecule has 4 N–H and O–H groups in total. The summed E-state index contributed by atoms with van der Waals surface area (Å²) in [7, 11) is -7.40. The van der Waals surface area contributed by atoms with Gasteiger partial charge in [0.05, 0.1) is 12.4 Å². The predicted octanol–water partition coefficient (Wildman–Crippen LogP) is -1.72. The number of hydrogen-bond acceptors (Lipinski definition) is 5. The van der Waals surface area contributed by atoms with Crippen molar-refractivity contribution in [3.8, 4) is 0 Å². The fourth-order valence-electron chi connectivity index (χ4n) is 0.580. The average molecular weight is 232 g/mol. The van der Waals surface area contributed by atoms with Crippen LogP contribution >= 0.6 is 0 Å². The lowest BCUT2D eigenvalue weighted by molar-refractivity contribution is 0.311. The second-order valence-electron chi connectivity index (χ2n) is 2.39. The van der Waals surface area contributed by atoms with Gasteiger partial charge in [0, 0.05) is 0 Å². The van der Waals surface area contributed by atoms with E-state index in [-0.39, 0.29) is 25.2 Å². The SMILES string of the molecule is NS(=O)(=O)CCCCOS(N)(=O)=O. The third-order valence-electron chi connectivity index (χ3n) is 1.07. The minimum Gasteiger partial charge on any atom is -0.258 e. The van der Waals surface area contributed by atoms with Crippen molar-refractivity contribution >= 4 is 20.3 Å². The van der Waals surface area contributed by atoms with Gasteiger partial charge >= 0.3 is 10.3 Å². The Labute approximate surface area is 77.4 Å². The van der Waals surface area contributed by atoms with Crippen molar-refractivity contribution < 1.29 is 21.0 Å². The number of unbranched alkanes of at least 4 members (excludes halogenated alkanes) is 1. The molecule has 13 heavy (non-hydrogen) atoms. The standard InChI is InChI=1S/C4H12N2O5S2/c5-12(7,8)4-2-1-3-11-13(6,9)10/h1-4H2,(H2,5,7,8)(H2,6,9,10). The van der Waals surface area contributed by atoms with Gasteiger partial charge in [0.2, 0.25) is 10.0 Å². The lowest BCUT2D eigenvalue weighted by Gasteiger charge is -1.99. The first-order valence-corrected chi connectivity index (χ1v) is 6.57. The molecule has 0 saturated heterocycles. The quantitative estimate of drug-likeness (QED) is 0.526. The first kappa shape index (κ1) is 12.8. The van der Waals surface area contributed by atoms with Gasteiger partial charge in [0.25, 0.3) is 0 Å². The molecule has 7 nitrogen and oxygen atoms in total. The zero-order chi connectivity index (χ0) is 10.5. The number of hydrogen-bond donors (Lipinski definition) is 2. The molecule has 80 valence electrons. The van der Waals surface area contributed by atoms with Crippen LogP contribution in [0.25, 0.3) is 0 Å². The lowest BCUT2D eigenvalue weighted by Crippen LogP contribution is -2.18. The summed E-state index contributed by atoms with van der Waals surface area (Å²) in [6, 6.07) is 0. The van der Waals surface area contributed by atoms with E-state index in [9.17, 15) is 16.8 Å². The molecule has 0 spiro atoms. The Hall–Kier alpha value is -0.220. The van der Waals surface area contributed by atoms with Crippen molar-refractivity contribution in [3.63, 3.8) is 0 Å². The Bertz CT molecular complexity index is 298. The highest BCUT2D eigenvalue weighted by atomic mass is 32.2. The van der Waals surface area contributed by atoms with Gasteiger partial charge in [-0.1, -0.05) is 0 Å². The molecule has 0 unspecified atom stereocenters. The molecular formula is C4H12N2O5S2. The first-order valence-electron chi connectivity index (χ1n) is 3.38. The molecule has 0 rings (SSSR count). The second kappa shape index (κ2) is 4.86. The molecule has 0 aromatic rings. The van der Waals surface area contributed by atoms with Crippen molar-refractivity contribution in [2.24, 2.45) is 10.3 Å². The summed E-state index contributed by atoms with van der Waals surface area (Å²) in [6.45, 7) is -0.131. The van der Waals surface area contributed by atoms with E-state index in [0.717, 1.165) is 0 Å². The Morgan fingerprint density at radius 3 is 1.92 bits per heavy atom. The van der Waals surface area contributed by atoms with Crippen molar-refractivity contribution in [1.29, 1.82) is 0 Å². The van der Waals surface area contributed by atoms with E-state index in [1.807, 2.05) is 0 Å². The monoisotopic (exact) mass is 232 g/mol. The largest absolute Gasteiger partial charge is 0.333 e. The van der Waals surface area contributed by atoms with Crippen molar-refractivity contribution in [3.05, 3.63) is 0 Å². The molecule has 0 aromatic carbocycles. The molecule has 0 aromatic heterocycles. The van der Waals surface area contributed by atoms with E-state index in [1.54, 1.807) is 0 Å². The lowest BCUT2D eigenvalue weighted by atomic mass is 10.4. The van der Waals surface area contributed by atoms with Gasteiger partial charge in [-0.05, 0) is 12.8 Å². The van der Waals surface area contributed by atoms with Gasteiger partial charge in [0.1, 0.15) is 0 Å². The van der Waals surface area contributed by atoms with Gasteiger partial charge in [-0.2, -0.15) is 8.42 Å². The summed E-state index contributed by atoms with van der Waals surface area (Å²) in [6.07, 6.45) is 0.515. The maximum absolute atomic E-state index is 10.4. The van der Waals surface area contributed by atoms with E-state index < -0.39 is 20.3 Å². The minimum atomic E-state index is -3.92. The molecule has 0 heterocycles.